The molecule has 0 fully saturated rings. The molecule has 0 aliphatic heterocycles. The topological polar surface area (TPSA) is 53.7 Å². The molecule has 1 aromatic rings. The quantitative estimate of drug-likeness (QED) is 0.591. The van der Waals surface area contributed by atoms with Gasteiger partial charge in [-0.25, -0.2) is 0 Å². The van der Waals surface area contributed by atoms with Crippen molar-refractivity contribution in [3.05, 3.63) is 28.2 Å². The van der Waals surface area contributed by atoms with Crippen LogP contribution in [0.3, 0.4) is 0 Å². The summed E-state index contributed by atoms with van der Waals surface area (Å²) < 4.78 is 16.6. The Hall–Kier alpha value is -0.620. The number of hydrogen-bond donors (Lipinski definition) is 1. The number of methoxy groups -OCH3 is 1. The number of nitrogen functional groups attached to an aromatic ring is 1. The molecule has 0 unspecified atom stereocenters. The van der Waals surface area contributed by atoms with Gasteiger partial charge in [-0.2, -0.15) is 0 Å². The molecule has 2 N–H and O–H groups in total. The maximum atomic E-state index is 5.72. The molecule has 0 saturated carbocycles. The Morgan fingerprint density at radius 2 is 1.76 bits per heavy atom. The van der Waals surface area contributed by atoms with Crippen molar-refractivity contribution in [2.45, 2.75) is 6.61 Å². The molecule has 1 aromatic carbocycles. The first-order valence-electron chi connectivity index (χ1n) is 5.41. The van der Waals surface area contributed by atoms with Crippen molar-refractivity contribution in [1.82, 2.24) is 0 Å². The largest absolute Gasteiger partial charge is 0.399 e. The minimum atomic E-state index is 0.539. The molecule has 0 amide bonds. The van der Waals surface area contributed by atoms with Crippen molar-refractivity contribution in [2.24, 2.45) is 0 Å². The Kier molecular flexibility index (Phi) is 7.19. The van der Waals surface area contributed by atoms with E-state index in [9.17, 15) is 0 Å². The minimum absolute atomic E-state index is 0.539. The fourth-order valence-corrected chi connectivity index (χ4v) is 1.87. The Morgan fingerprint density at radius 1 is 1.06 bits per heavy atom. The van der Waals surface area contributed by atoms with Crippen molar-refractivity contribution in [3.63, 3.8) is 0 Å². The highest BCUT2D eigenvalue weighted by molar-refractivity contribution is 9.10. The van der Waals surface area contributed by atoms with Crippen LogP contribution in [0.2, 0.25) is 0 Å². The average Bonchev–Trinajstić information content (AvgIpc) is 2.26. The highest BCUT2D eigenvalue weighted by atomic mass is 79.9. The Labute approximate surface area is 110 Å². The third kappa shape index (κ3) is 6.63. The molecule has 0 aliphatic carbocycles. The summed E-state index contributed by atoms with van der Waals surface area (Å²) in [5.41, 5.74) is 7.50. The maximum absolute atomic E-state index is 5.72. The van der Waals surface area contributed by atoms with Gasteiger partial charge in [0.05, 0.1) is 33.0 Å². The van der Waals surface area contributed by atoms with Crippen LogP contribution in [-0.4, -0.2) is 33.5 Å². The highest BCUT2D eigenvalue weighted by Crippen LogP contribution is 2.17. The predicted octanol–water partition coefficient (Wildman–Crippen LogP) is 2.21. The molecule has 1 rings (SSSR count). The van der Waals surface area contributed by atoms with Crippen molar-refractivity contribution in [2.75, 3.05) is 39.3 Å². The van der Waals surface area contributed by atoms with Crippen LogP contribution in [0.4, 0.5) is 5.69 Å². The third-order valence-electron chi connectivity index (χ3n) is 2.05. The molecule has 4 nitrogen and oxygen atoms in total. The van der Waals surface area contributed by atoms with Gasteiger partial charge in [-0.05, 0) is 23.8 Å². The summed E-state index contributed by atoms with van der Waals surface area (Å²) in [5, 5.41) is 0. The zero-order valence-electron chi connectivity index (χ0n) is 9.95. The van der Waals surface area contributed by atoms with E-state index >= 15 is 0 Å². The van der Waals surface area contributed by atoms with Gasteiger partial charge in [0.1, 0.15) is 0 Å². The fourth-order valence-electron chi connectivity index (χ4n) is 1.31. The maximum Gasteiger partial charge on any atom is 0.0719 e. The first-order chi connectivity index (χ1) is 8.22. The van der Waals surface area contributed by atoms with Crippen molar-refractivity contribution in [3.8, 4) is 0 Å². The molecule has 0 spiro atoms. The van der Waals surface area contributed by atoms with Crippen LogP contribution >= 0.6 is 15.9 Å². The fraction of sp³-hybridized carbons (Fsp3) is 0.500. The SMILES string of the molecule is COCCOCCOCc1cc(N)cc(Br)c1. The summed E-state index contributed by atoms with van der Waals surface area (Å²) in [6, 6.07) is 5.75. The van der Waals surface area contributed by atoms with E-state index in [1.165, 1.54) is 0 Å². The van der Waals surface area contributed by atoms with Crippen LogP contribution in [0.5, 0.6) is 0 Å². The van der Waals surface area contributed by atoms with E-state index in [2.05, 4.69) is 15.9 Å². The summed E-state index contributed by atoms with van der Waals surface area (Å²) in [5.74, 6) is 0. The van der Waals surface area contributed by atoms with E-state index in [-0.39, 0.29) is 0 Å². The van der Waals surface area contributed by atoms with Crippen LogP contribution in [0, 0.1) is 0 Å². The van der Waals surface area contributed by atoms with Gasteiger partial charge in [-0.1, -0.05) is 15.9 Å². The van der Waals surface area contributed by atoms with Crippen LogP contribution < -0.4 is 5.73 Å². The van der Waals surface area contributed by atoms with Crippen LogP contribution in [0.1, 0.15) is 5.56 Å². The van der Waals surface area contributed by atoms with Crippen molar-refractivity contribution in [1.29, 1.82) is 0 Å². The van der Waals surface area contributed by atoms with Gasteiger partial charge in [0.15, 0.2) is 0 Å². The molecular weight excluding hydrogens is 286 g/mol. The number of hydrogen-bond acceptors (Lipinski definition) is 4. The van der Waals surface area contributed by atoms with E-state index in [0.29, 0.717) is 33.0 Å². The Bertz CT molecular complexity index is 313. The molecule has 0 saturated heterocycles. The lowest BCUT2D eigenvalue weighted by molar-refractivity contribution is 0.0199. The van der Waals surface area contributed by atoms with Gasteiger partial charge in [0.2, 0.25) is 0 Å². The predicted molar refractivity (Wildman–Crippen MR) is 70.9 cm³/mol. The van der Waals surface area contributed by atoms with E-state index in [1.807, 2.05) is 18.2 Å². The second-order valence-corrected chi connectivity index (χ2v) is 4.47. The van der Waals surface area contributed by atoms with Gasteiger partial charge in [-0.3, -0.25) is 0 Å². The number of halogens is 1. The molecule has 17 heavy (non-hydrogen) atoms. The zero-order chi connectivity index (χ0) is 12.5. The van der Waals surface area contributed by atoms with Crippen LogP contribution in [0.25, 0.3) is 0 Å². The molecule has 0 atom stereocenters. The summed E-state index contributed by atoms with van der Waals surface area (Å²) in [6.07, 6.45) is 0. The minimum Gasteiger partial charge on any atom is -0.399 e. The van der Waals surface area contributed by atoms with E-state index in [4.69, 9.17) is 19.9 Å². The van der Waals surface area contributed by atoms with Crippen molar-refractivity contribution >= 4 is 21.6 Å². The molecule has 0 aliphatic rings. The number of ether oxygens (including phenoxy) is 3. The summed E-state index contributed by atoms with van der Waals surface area (Å²) >= 11 is 3.39. The average molecular weight is 304 g/mol. The van der Waals surface area contributed by atoms with Gasteiger partial charge >= 0.3 is 0 Å². The highest BCUT2D eigenvalue weighted by Gasteiger charge is 1.97. The molecule has 0 bridgehead atoms. The monoisotopic (exact) mass is 303 g/mol. The van der Waals surface area contributed by atoms with Gasteiger partial charge < -0.3 is 19.9 Å². The van der Waals surface area contributed by atoms with Gasteiger partial charge in [-0.15, -0.1) is 0 Å². The lowest BCUT2D eigenvalue weighted by atomic mass is 10.2. The van der Waals surface area contributed by atoms with Crippen LogP contribution in [0.15, 0.2) is 22.7 Å². The third-order valence-corrected chi connectivity index (χ3v) is 2.51. The summed E-state index contributed by atoms with van der Waals surface area (Å²) in [7, 11) is 1.65. The van der Waals surface area contributed by atoms with Gasteiger partial charge in [0, 0.05) is 17.3 Å². The number of rotatable bonds is 8. The number of anilines is 1. The van der Waals surface area contributed by atoms with E-state index in [1.54, 1.807) is 7.11 Å². The molecule has 0 heterocycles. The lowest BCUT2D eigenvalue weighted by Crippen LogP contribution is -2.08. The molecular formula is C12H18BrNO3. The molecule has 96 valence electrons. The first kappa shape index (κ1) is 14.4. The smallest absolute Gasteiger partial charge is 0.0719 e. The molecule has 5 heteroatoms. The molecule has 0 aromatic heterocycles. The Morgan fingerprint density at radius 3 is 2.47 bits per heavy atom. The first-order valence-corrected chi connectivity index (χ1v) is 6.21. The summed E-state index contributed by atoms with van der Waals surface area (Å²) in [4.78, 5) is 0. The molecule has 0 radical (unpaired) electrons. The van der Waals surface area contributed by atoms with E-state index in [0.717, 1.165) is 15.7 Å². The van der Waals surface area contributed by atoms with E-state index < -0.39 is 0 Å². The van der Waals surface area contributed by atoms with Crippen molar-refractivity contribution < 1.29 is 14.2 Å². The number of nitrogens with two attached hydrogens (primary N) is 1. The summed E-state index contributed by atoms with van der Waals surface area (Å²) in [6.45, 7) is 2.89. The number of benzene rings is 1. The van der Waals surface area contributed by atoms with Gasteiger partial charge in [0.25, 0.3) is 0 Å². The zero-order valence-corrected chi connectivity index (χ0v) is 11.5. The lowest BCUT2D eigenvalue weighted by Gasteiger charge is -2.07. The van der Waals surface area contributed by atoms with Crippen LogP contribution in [-0.2, 0) is 20.8 Å². The normalized spacial score (nSPS) is 10.7. The Balaban J connectivity index is 2.13. The second kappa shape index (κ2) is 8.47. The standard InChI is InChI=1S/C12H18BrNO3/c1-15-2-3-16-4-5-17-9-10-6-11(13)8-12(14)7-10/h6-8H,2-5,9,14H2,1H3. The second-order valence-electron chi connectivity index (χ2n) is 3.55.